The number of nitrogens with zero attached hydrogens (tertiary/aromatic N) is 3. The van der Waals surface area contributed by atoms with Crippen molar-refractivity contribution in [2.45, 2.75) is 85.0 Å². The molecule has 0 bridgehead atoms. The normalized spacial score (nSPS) is 13.2. The van der Waals surface area contributed by atoms with Crippen LogP contribution in [-0.2, 0) is 37.3 Å². The summed E-state index contributed by atoms with van der Waals surface area (Å²) in [5, 5.41) is 12.3. The van der Waals surface area contributed by atoms with E-state index in [1.54, 1.807) is 18.3 Å². The Morgan fingerprint density at radius 2 is 1.33 bits per heavy atom. The second-order valence-electron chi connectivity index (χ2n) is 18.1. The third kappa shape index (κ3) is 8.15. The van der Waals surface area contributed by atoms with Gasteiger partial charge in [-0.15, -0.1) is 29.3 Å². The molecular weight excluding hydrogens is 914 g/mol. The van der Waals surface area contributed by atoms with Gasteiger partial charge in [0, 0.05) is 44.1 Å². The average Bonchev–Trinajstić information content (AvgIpc) is 3.66. The van der Waals surface area contributed by atoms with Crippen LogP contribution in [0.1, 0.15) is 92.3 Å². The first kappa shape index (κ1) is 36.3. The molecule has 0 spiro atoms. The van der Waals surface area contributed by atoms with E-state index in [0.29, 0.717) is 28.2 Å². The Morgan fingerprint density at radius 1 is 0.650 bits per heavy atom. The van der Waals surface area contributed by atoms with Crippen molar-refractivity contribution in [2.75, 3.05) is 0 Å². The van der Waals surface area contributed by atoms with Crippen molar-refractivity contribution < 1.29 is 33.0 Å². The van der Waals surface area contributed by atoms with Gasteiger partial charge >= 0.3 is 0 Å². The molecule has 5 heteroatoms. The zero-order chi connectivity index (χ0) is 46.0. The Morgan fingerprint density at radius 3 is 2.03 bits per heavy atom. The van der Waals surface area contributed by atoms with Crippen LogP contribution in [0.3, 0.4) is 0 Å². The minimum absolute atomic E-state index is 0. The molecule has 8 rings (SSSR count). The van der Waals surface area contributed by atoms with Crippen molar-refractivity contribution in [1.29, 1.82) is 0 Å². The zero-order valence-corrected chi connectivity index (χ0v) is 38.1. The number of para-hydroxylation sites is 2. The molecule has 0 atom stereocenters. The first-order valence-electron chi connectivity index (χ1n) is 22.9. The molecule has 0 aliphatic rings. The van der Waals surface area contributed by atoms with Crippen molar-refractivity contribution in [1.82, 2.24) is 14.5 Å². The van der Waals surface area contributed by atoms with Gasteiger partial charge in [-0.25, -0.2) is 4.98 Å². The fourth-order valence-electron chi connectivity index (χ4n) is 7.66. The minimum atomic E-state index is -0.436. The number of aromatic hydroxyl groups is 1. The first-order chi connectivity index (χ1) is 30.2. The van der Waals surface area contributed by atoms with Crippen LogP contribution in [0.5, 0.6) is 5.75 Å². The monoisotopic (exact) mass is 972 g/mol. The second-order valence-corrected chi connectivity index (χ2v) is 18.1. The van der Waals surface area contributed by atoms with E-state index in [0.717, 1.165) is 56.5 Å². The Labute approximate surface area is 377 Å². The van der Waals surface area contributed by atoms with Crippen LogP contribution < -0.4 is 0 Å². The number of hydrogen-bond donors (Lipinski definition) is 1. The number of phenolic OH excluding ortho intramolecular Hbond substituents is 1. The summed E-state index contributed by atoms with van der Waals surface area (Å²) in [5.41, 5.74) is 11.0. The van der Waals surface area contributed by atoms with Gasteiger partial charge in [0.25, 0.3) is 0 Å². The van der Waals surface area contributed by atoms with Crippen LogP contribution in [0, 0.1) is 6.07 Å². The number of benzene rings is 6. The summed E-state index contributed by atoms with van der Waals surface area (Å²) >= 11 is 0. The summed E-state index contributed by atoms with van der Waals surface area (Å²) in [6.45, 7) is 19.5. The van der Waals surface area contributed by atoms with Crippen molar-refractivity contribution >= 4 is 11.0 Å². The molecule has 2 aromatic heterocycles. The number of imidazole rings is 1. The predicted molar refractivity (Wildman–Crippen MR) is 247 cm³/mol. The molecule has 0 saturated heterocycles. The van der Waals surface area contributed by atoms with E-state index < -0.39 is 6.04 Å². The first-order valence-corrected chi connectivity index (χ1v) is 20.4. The number of aromatic nitrogens is 3. The number of hydrogen-bond acceptors (Lipinski definition) is 3. The molecule has 1 N–H and O–H groups in total. The van der Waals surface area contributed by atoms with E-state index in [2.05, 4.69) is 140 Å². The summed E-state index contributed by atoms with van der Waals surface area (Å²) in [6.07, 6.45) is 2.44. The van der Waals surface area contributed by atoms with E-state index in [1.807, 2.05) is 30.3 Å². The molecule has 0 aliphatic heterocycles. The van der Waals surface area contributed by atoms with Crippen molar-refractivity contribution in [3.8, 4) is 67.5 Å². The van der Waals surface area contributed by atoms with Gasteiger partial charge in [0.1, 0.15) is 11.6 Å². The van der Waals surface area contributed by atoms with E-state index >= 15 is 0 Å². The van der Waals surface area contributed by atoms with Crippen LogP contribution in [0.2, 0.25) is 0 Å². The van der Waals surface area contributed by atoms with Crippen LogP contribution in [-0.4, -0.2) is 19.6 Å². The summed E-state index contributed by atoms with van der Waals surface area (Å²) < 4.78 is 44.3. The van der Waals surface area contributed by atoms with E-state index in [4.69, 9.17) is 16.8 Å². The Kier molecular flexibility index (Phi) is 9.96. The second kappa shape index (κ2) is 16.5. The molecule has 0 radical (unpaired) electrons. The largest absolute Gasteiger partial charge is 0.507 e. The minimum Gasteiger partial charge on any atom is -0.507 e. The summed E-state index contributed by atoms with van der Waals surface area (Å²) in [5.74, 6) is 0.809. The Hall–Kier alpha value is -5.57. The van der Waals surface area contributed by atoms with Crippen molar-refractivity contribution in [3.05, 3.63) is 168 Å². The summed E-state index contributed by atoms with van der Waals surface area (Å²) in [4.78, 5) is 10.3. The molecule has 306 valence electrons. The summed E-state index contributed by atoms with van der Waals surface area (Å²) in [7, 11) is 0. The Bertz CT molecular complexity index is 3080. The fraction of sp³-hybridized carbons (Fsp3) is 0.236. The average molecular weight is 973 g/mol. The van der Waals surface area contributed by atoms with Crippen LogP contribution in [0.15, 0.2) is 146 Å². The molecule has 0 unspecified atom stereocenters. The molecule has 60 heavy (non-hydrogen) atoms. The number of rotatable bonds is 8. The van der Waals surface area contributed by atoms with Crippen LogP contribution in [0.25, 0.3) is 72.7 Å². The topological polar surface area (TPSA) is 50.9 Å². The maximum Gasteiger partial charge on any atom is 0.148 e. The smallest absolute Gasteiger partial charge is 0.148 e. The molecule has 6 aromatic carbocycles. The molecule has 2 heterocycles. The molecular formula is C55H54N3OPt-. The van der Waals surface area contributed by atoms with E-state index in [1.165, 1.54) is 5.56 Å². The maximum atomic E-state index is 12.3. The standard InChI is InChI=1S/C55H54N3O.Pt/c1-10-55(8,9)46-25-17-24-44(51(46)59)52-57-50-43(23-18-26-49(50)58(52)48-28-27-41(53(2,3)4)35-45(48)37-21-15-12-16-22-37)39-31-40(33-42(32-39)54(5,6)7)47-34-38(29-30-56-47)36-19-13-11-14-20-36;/h11-30,32-35,59H,10H2,1-9H3;/q-1;/i11D,13D,14D,19D,20D;. The SMILES string of the molecule is [2H]c1c([2H])c([2H])c(-c2ccnc(-c3[c-]c(-c4cccc5c4nc(-c4cccc(C(C)(C)CC)c4O)n5-c4ccc(C(C)(C)C)cc4-c4ccccc4)cc(C(C)(C)C)c3)c2)c([2H])c1[2H].[Pt]. The molecule has 8 aromatic rings. The van der Waals surface area contributed by atoms with Gasteiger partial charge < -0.3 is 5.11 Å². The molecule has 0 fully saturated rings. The number of phenols is 1. The fourth-order valence-corrected chi connectivity index (χ4v) is 7.66. The van der Waals surface area contributed by atoms with Gasteiger partial charge in [-0.1, -0.05) is 170 Å². The van der Waals surface area contributed by atoms with Crippen molar-refractivity contribution in [3.63, 3.8) is 0 Å². The quantitative estimate of drug-likeness (QED) is 0.154. The number of fused-ring (bicyclic) bond motifs is 1. The summed E-state index contributed by atoms with van der Waals surface area (Å²) in [6, 6.07) is 38.7. The third-order valence-electron chi connectivity index (χ3n) is 11.6. The zero-order valence-electron chi connectivity index (χ0n) is 40.8. The van der Waals surface area contributed by atoms with Crippen LogP contribution in [0.4, 0.5) is 0 Å². The van der Waals surface area contributed by atoms with Gasteiger partial charge in [-0.3, -0.25) is 9.55 Å². The molecule has 0 aliphatic carbocycles. The molecule has 4 nitrogen and oxygen atoms in total. The van der Waals surface area contributed by atoms with Crippen molar-refractivity contribution in [2.24, 2.45) is 0 Å². The van der Waals surface area contributed by atoms with E-state index in [-0.39, 0.29) is 72.8 Å². The van der Waals surface area contributed by atoms with Gasteiger partial charge in [-0.05, 0) is 75.3 Å². The molecule has 0 saturated carbocycles. The third-order valence-corrected chi connectivity index (χ3v) is 11.6. The Balaban J connectivity index is 0.00000630. The molecule has 0 amide bonds. The van der Waals surface area contributed by atoms with E-state index in [9.17, 15) is 5.11 Å². The van der Waals surface area contributed by atoms with Gasteiger partial charge in [0.2, 0.25) is 0 Å². The predicted octanol–water partition coefficient (Wildman–Crippen LogP) is 14.5. The number of pyridine rings is 1. The maximum absolute atomic E-state index is 12.3. The van der Waals surface area contributed by atoms with Gasteiger partial charge in [0.15, 0.2) is 0 Å². The van der Waals surface area contributed by atoms with Gasteiger partial charge in [-0.2, -0.15) is 0 Å². The van der Waals surface area contributed by atoms with Gasteiger partial charge in [0.05, 0.1) is 29.1 Å². The van der Waals surface area contributed by atoms with Crippen LogP contribution >= 0.6 is 0 Å².